The molecule has 1 amide bonds. The molecule has 0 aromatic heterocycles. The standard InChI is InChI=1S/C17H17N3O6S/c1-26-13-5-2-4-12(10-13)11-27-9-8-18-17(21)16-14(19(22)23)6-3-7-15(16)20(24)25/h2-7,10H,8-9,11H2,1H3,(H,18,21). The topological polar surface area (TPSA) is 125 Å². The highest BCUT2D eigenvalue weighted by molar-refractivity contribution is 7.98. The lowest BCUT2D eigenvalue weighted by Gasteiger charge is -2.07. The molecule has 0 bridgehead atoms. The summed E-state index contributed by atoms with van der Waals surface area (Å²) in [4.78, 5) is 32.8. The van der Waals surface area contributed by atoms with Gasteiger partial charge in [0.15, 0.2) is 5.56 Å². The number of nitrogens with one attached hydrogen (secondary N) is 1. The van der Waals surface area contributed by atoms with Gasteiger partial charge < -0.3 is 10.1 Å². The third-order valence-electron chi connectivity index (χ3n) is 3.58. The van der Waals surface area contributed by atoms with E-state index < -0.39 is 32.7 Å². The molecular formula is C17H17N3O6S. The predicted octanol–water partition coefficient (Wildman–Crippen LogP) is 3.17. The Balaban J connectivity index is 1.94. The fraction of sp³-hybridized carbons (Fsp3) is 0.235. The number of carbonyl (C=O) groups excluding carboxylic acids is 1. The molecule has 0 aliphatic heterocycles. The molecule has 0 saturated heterocycles. The van der Waals surface area contributed by atoms with E-state index in [4.69, 9.17) is 4.74 Å². The Kier molecular flexibility index (Phi) is 7.12. The average Bonchev–Trinajstić information content (AvgIpc) is 2.66. The number of rotatable bonds is 9. The highest BCUT2D eigenvalue weighted by atomic mass is 32.2. The number of benzene rings is 2. The number of ether oxygens (including phenoxy) is 1. The number of methoxy groups -OCH3 is 1. The van der Waals surface area contributed by atoms with Crippen LogP contribution in [0.15, 0.2) is 42.5 Å². The Morgan fingerprint density at radius 2 is 1.74 bits per heavy atom. The summed E-state index contributed by atoms with van der Waals surface area (Å²) in [5.41, 5.74) is -0.665. The first-order valence-electron chi connectivity index (χ1n) is 7.84. The van der Waals surface area contributed by atoms with Crippen LogP contribution in [0.25, 0.3) is 0 Å². The Labute approximate surface area is 159 Å². The van der Waals surface area contributed by atoms with Crippen LogP contribution in [0.3, 0.4) is 0 Å². The van der Waals surface area contributed by atoms with Gasteiger partial charge in [0.25, 0.3) is 17.3 Å². The van der Waals surface area contributed by atoms with Gasteiger partial charge in [-0.25, -0.2) is 0 Å². The van der Waals surface area contributed by atoms with Gasteiger partial charge >= 0.3 is 0 Å². The Hall–Kier alpha value is -3.14. The van der Waals surface area contributed by atoms with Crippen molar-refractivity contribution in [1.82, 2.24) is 5.32 Å². The molecule has 2 rings (SSSR count). The third kappa shape index (κ3) is 5.42. The smallest absolute Gasteiger partial charge is 0.289 e. The highest BCUT2D eigenvalue weighted by Crippen LogP contribution is 2.28. The van der Waals surface area contributed by atoms with Crippen molar-refractivity contribution in [3.8, 4) is 5.75 Å². The minimum Gasteiger partial charge on any atom is -0.497 e. The lowest BCUT2D eigenvalue weighted by atomic mass is 10.1. The van der Waals surface area contributed by atoms with E-state index in [1.54, 1.807) is 18.9 Å². The molecule has 0 fully saturated rings. The van der Waals surface area contributed by atoms with Crippen molar-refractivity contribution in [2.45, 2.75) is 5.75 Å². The molecule has 0 heterocycles. The van der Waals surface area contributed by atoms with Gasteiger partial charge in [-0.2, -0.15) is 11.8 Å². The highest BCUT2D eigenvalue weighted by Gasteiger charge is 2.30. The molecule has 0 atom stereocenters. The molecule has 2 aromatic rings. The van der Waals surface area contributed by atoms with Crippen molar-refractivity contribution < 1.29 is 19.4 Å². The number of thioether (sulfide) groups is 1. The molecule has 27 heavy (non-hydrogen) atoms. The van der Waals surface area contributed by atoms with Crippen LogP contribution in [-0.2, 0) is 5.75 Å². The monoisotopic (exact) mass is 391 g/mol. The minimum absolute atomic E-state index is 0.219. The zero-order valence-corrected chi connectivity index (χ0v) is 15.2. The molecule has 10 heteroatoms. The van der Waals surface area contributed by atoms with Gasteiger partial charge in [0.05, 0.1) is 17.0 Å². The van der Waals surface area contributed by atoms with Crippen LogP contribution in [0.4, 0.5) is 11.4 Å². The molecule has 0 aliphatic rings. The van der Waals surface area contributed by atoms with Gasteiger partial charge in [0.1, 0.15) is 5.75 Å². The van der Waals surface area contributed by atoms with Gasteiger partial charge in [0.2, 0.25) is 0 Å². The number of hydrogen-bond acceptors (Lipinski definition) is 7. The predicted molar refractivity (Wildman–Crippen MR) is 101 cm³/mol. The number of carbonyl (C=O) groups is 1. The van der Waals surface area contributed by atoms with E-state index in [9.17, 15) is 25.0 Å². The van der Waals surface area contributed by atoms with Crippen LogP contribution < -0.4 is 10.1 Å². The maximum atomic E-state index is 12.3. The van der Waals surface area contributed by atoms with Crippen LogP contribution in [0.5, 0.6) is 5.75 Å². The second-order valence-electron chi connectivity index (χ2n) is 5.35. The van der Waals surface area contributed by atoms with Gasteiger partial charge in [-0.15, -0.1) is 0 Å². The number of amides is 1. The van der Waals surface area contributed by atoms with Gasteiger partial charge in [-0.05, 0) is 23.8 Å². The Bertz CT molecular complexity index is 826. The fourth-order valence-electron chi connectivity index (χ4n) is 2.34. The summed E-state index contributed by atoms with van der Waals surface area (Å²) >= 11 is 1.55. The first-order chi connectivity index (χ1) is 12.9. The van der Waals surface area contributed by atoms with E-state index in [-0.39, 0.29) is 6.54 Å². The van der Waals surface area contributed by atoms with Crippen molar-refractivity contribution >= 4 is 29.0 Å². The van der Waals surface area contributed by atoms with Crippen molar-refractivity contribution in [2.75, 3.05) is 19.4 Å². The Morgan fingerprint density at radius 3 is 2.33 bits per heavy atom. The van der Waals surface area contributed by atoms with Crippen LogP contribution in [0, 0.1) is 20.2 Å². The summed E-state index contributed by atoms with van der Waals surface area (Å²) in [6.07, 6.45) is 0. The van der Waals surface area contributed by atoms with Crippen molar-refractivity contribution in [3.63, 3.8) is 0 Å². The van der Waals surface area contributed by atoms with Crippen molar-refractivity contribution in [3.05, 3.63) is 73.8 Å². The SMILES string of the molecule is COc1cccc(CSCCNC(=O)c2c([N+](=O)[O-])cccc2[N+](=O)[O-])c1. The van der Waals surface area contributed by atoms with Gasteiger partial charge in [-0.1, -0.05) is 12.1 Å². The molecule has 0 unspecified atom stereocenters. The van der Waals surface area contributed by atoms with E-state index in [2.05, 4.69) is 5.32 Å². The van der Waals surface area contributed by atoms with Gasteiger partial charge in [-0.3, -0.25) is 25.0 Å². The molecule has 142 valence electrons. The number of nitrogens with zero attached hydrogens (tertiary/aromatic N) is 2. The Morgan fingerprint density at radius 1 is 1.11 bits per heavy atom. The summed E-state index contributed by atoms with van der Waals surface area (Å²) in [5.74, 6) is 1.15. The lowest BCUT2D eigenvalue weighted by Crippen LogP contribution is -2.27. The maximum Gasteiger partial charge on any atom is 0.289 e. The number of hydrogen-bond donors (Lipinski definition) is 1. The molecule has 2 aromatic carbocycles. The molecule has 0 aliphatic carbocycles. The molecule has 0 radical (unpaired) electrons. The maximum absolute atomic E-state index is 12.3. The van der Waals surface area contributed by atoms with Crippen molar-refractivity contribution in [2.24, 2.45) is 0 Å². The summed E-state index contributed by atoms with van der Waals surface area (Å²) in [5, 5.41) is 24.7. The van der Waals surface area contributed by atoms with E-state index in [0.29, 0.717) is 11.5 Å². The van der Waals surface area contributed by atoms with E-state index >= 15 is 0 Å². The molecule has 9 nitrogen and oxygen atoms in total. The normalized spacial score (nSPS) is 10.3. The van der Waals surface area contributed by atoms with E-state index in [1.165, 1.54) is 6.07 Å². The second-order valence-corrected chi connectivity index (χ2v) is 6.45. The third-order valence-corrected chi connectivity index (χ3v) is 4.61. The summed E-state index contributed by atoms with van der Waals surface area (Å²) < 4.78 is 5.15. The zero-order valence-electron chi connectivity index (χ0n) is 14.4. The zero-order chi connectivity index (χ0) is 19.8. The molecule has 1 N–H and O–H groups in total. The van der Waals surface area contributed by atoms with Crippen LogP contribution in [-0.4, -0.2) is 35.2 Å². The molecular weight excluding hydrogens is 374 g/mol. The van der Waals surface area contributed by atoms with Crippen LogP contribution in [0.2, 0.25) is 0 Å². The van der Waals surface area contributed by atoms with E-state index in [1.807, 2.05) is 24.3 Å². The largest absolute Gasteiger partial charge is 0.497 e. The molecule has 0 saturated carbocycles. The second kappa shape index (κ2) is 9.53. The quantitative estimate of drug-likeness (QED) is 0.395. The minimum atomic E-state index is -0.837. The fourth-order valence-corrected chi connectivity index (χ4v) is 3.15. The summed E-state index contributed by atoms with van der Waals surface area (Å²) in [6.45, 7) is 0.219. The lowest BCUT2D eigenvalue weighted by molar-refractivity contribution is -0.394. The summed E-state index contributed by atoms with van der Waals surface area (Å²) in [6, 6.07) is 10.9. The average molecular weight is 391 g/mol. The van der Waals surface area contributed by atoms with Crippen LogP contribution in [0.1, 0.15) is 15.9 Å². The summed E-state index contributed by atoms with van der Waals surface area (Å²) in [7, 11) is 1.59. The molecule has 0 spiro atoms. The first-order valence-corrected chi connectivity index (χ1v) is 9.00. The van der Waals surface area contributed by atoms with Crippen LogP contribution >= 0.6 is 11.8 Å². The van der Waals surface area contributed by atoms with Crippen molar-refractivity contribution in [1.29, 1.82) is 0 Å². The van der Waals surface area contributed by atoms with Gasteiger partial charge in [0, 0.05) is 30.2 Å². The van der Waals surface area contributed by atoms with E-state index in [0.717, 1.165) is 23.4 Å². The number of nitro benzene ring substituents is 2. The number of nitro groups is 2. The first kappa shape index (κ1) is 20.2.